The van der Waals surface area contributed by atoms with Gasteiger partial charge in [0.15, 0.2) is 0 Å². The Kier molecular flexibility index (Phi) is 5.78. The molecule has 28 heavy (non-hydrogen) atoms. The van der Waals surface area contributed by atoms with Crippen molar-refractivity contribution < 1.29 is 13.6 Å². The van der Waals surface area contributed by atoms with Crippen molar-refractivity contribution in [3.63, 3.8) is 0 Å². The molecule has 0 unspecified atom stereocenters. The van der Waals surface area contributed by atoms with E-state index in [4.69, 9.17) is 11.6 Å². The molecule has 0 radical (unpaired) electrons. The van der Waals surface area contributed by atoms with E-state index in [1.165, 1.54) is 13.1 Å². The van der Waals surface area contributed by atoms with E-state index in [-0.39, 0.29) is 11.6 Å². The molecule has 3 aromatic heterocycles. The minimum atomic E-state index is -2.80. The molecule has 0 aliphatic heterocycles. The zero-order valence-electron chi connectivity index (χ0n) is 15.7. The van der Waals surface area contributed by atoms with E-state index in [1.54, 1.807) is 17.1 Å². The highest BCUT2D eigenvalue weighted by atomic mass is 35.5. The number of anilines is 1. The Morgan fingerprint density at radius 3 is 2.57 bits per heavy atom. The quantitative estimate of drug-likeness (QED) is 0.647. The third-order valence-electron chi connectivity index (χ3n) is 4.41. The van der Waals surface area contributed by atoms with Crippen LogP contribution >= 0.6 is 11.6 Å². The van der Waals surface area contributed by atoms with Crippen LogP contribution in [-0.4, -0.2) is 35.2 Å². The van der Waals surface area contributed by atoms with Crippen molar-refractivity contribution in [1.82, 2.24) is 29.3 Å². The van der Waals surface area contributed by atoms with Crippen molar-refractivity contribution in [3.05, 3.63) is 46.3 Å². The number of alkyl halides is 2. The van der Waals surface area contributed by atoms with Gasteiger partial charge in [-0.15, -0.1) is 0 Å². The van der Waals surface area contributed by atoms with Crippen molar-refractivity contribution in [2.24, 2.45) is 0 Å². The van der Waals surface area contributed by atoms with E-state index in [0.717, 1.165) is 22.5 Å². The smallest absolute Gasteiger partial charge is 0.283 e. The number of amides is 1. The number of hydrogen-bond donors (Lipinski definition) is 1. The van der Waals surface area contributed by atoms with Crippen molar-refractivity contribution in [2.45, 2.75) is 46.8 Å². The molecule has 3 rings (SSSR count). The van der Waals surface area contributed by atoms with Gasteiger partial charge in [0, 0.05) is 24.0 Å². The zero-order valence-corrected chi connectivity index (χ0v) is 16.4. The fourth-order valence-corrected chi connectivity index (χ4v) is 3.04. The fraction of sp³-hybridized carbons (Fsp3) is 0.412. The molecule has 0 saturated heterocycles. The summed E-state index contributed by atoms with van der Waals surface area (Å²) >= 11 is 5.84. The van der Waals surface area contributed by atoms with Crippen LogP contribution < -0.4 is 5.32 Å². The normalized spacial score (nSPS) is 11.4. The summed E-state index contributed by atoms with van der Waals surface area (Å²) in [6.45, 7) is 6.62. The summed E-state index contributed by atoms with van der Waals surface area (Å²) in [7, 11) is 0. The van der Waals surface area contributed by atoms with Gasteiger partial charge in [0.2, 0.25) is 5.91 Å². The lowest BCUT2D eigenvalue weighted by atomic mass is 10.2. The molecule has 1 amide bonds. The molecule has 1 N–H and O–H groups in total. The van der Waals surface area contributed by atoms with Gasteiger partial charge in [-0.2, -0.15) is 15.3 Å². The van der Waals surface area contributed by atoms with E-state index >= 15 is 0 Å². The molecule has 0 saturated carbocycles. The van der Waals surface area contributed by atoms with Gasteiger partial charge in [0.05, 0.1) is 35.3 Å². The van der Waals surface area contributed by atoms with Crippen LogP contribution in [0.5, 0.6) is 0 Å². The number of nitrogens with zero attached hydrogens (tertiary/aromatic N) is 6. The number of aryl methyl sites for hydroxylation is 1. The predicted octanol–water partition coefficient (Wildman–Crippen LogP) is 3.19. The summed E-state index contributed by atoms with van der Waals surface area (Å²) in [5.41, 5.74) is 2.37. The number of aromatic nitrogens is 6. The number of halogens is 3. The third-order valence-corrected chi connectivity index (χ3v) is 4.88. The Bertz CT molecular complexity index is 992. The third kappa shape index (κ3) is 4.06. The molecule has 11 heteroatoms. The Morgan fingerprint density at radius 2 is 1.96 bits per heavy atom. The van der Waals surface area contributed by atoms with E-state index in [2.05, 4.69) is 20.6 Å². The molecular formula is C17H20ClF2N7O. The van der Waals surface area contributed by atoms with Crippen LogP contribution in [0, 0.1) is 13.8 Å². The van der Waals surface area contributed by atoms with Gasteiger partial charge >= 0.3 is 0 Å². The molecule has 8 nitrogen and oxygen atoms in total. The number of nitrogens with one attached hydrogen (secondary N) is 1. The van der Waals surface area contributed by atoms with Gasteiger partial charge in [0.1, 0.15) is 12.2 Å². The summed E-state index contributed by atoms with van der Waals surface area (Å²) in [5, 5.41) is 14.8. The van der Waals surface area contributed by atoms with Gasteiger partial charge in [-0.3, -0.25) is 18.8 Å². The number of carbonyl (C=O) groups excluding carboxylic acids is 1. The minimum absolute atomic E-state index is 0.126. The topological polar surface area (TPSA) is 82.6 Å². The lowest BCUT2D eigenvalue weighted by Crippen LogP contribution is -2.20. The molecule has 0 atom stereocenters. The van der Waals surface area contributed by atoms with Gasteiger partial charge in [0.25, 0.3) is 6.43 Å². The summed E-state index contributed by atoms with van der Waals surface area (Å²) in [4.78, 5) is 12.2. The average molecular weight is 412 g/mol. The van der Waals surface area contributed by atoms with Crippen molar-refractivity contribution in [2.75, 3.05) is 5.32 Å². The van der Waals surface area contributed by atoms with Crippen LogP contribution in [0.4, 0.5) is 14.5 Å². The monoisotopic (exact) mass is 411 g/mol. The number of carbonyl (C=O) groups is 1. The van der Waals surface area contributed by atoms with E-state index in [0.29, 0.717) is 17.9 Å². The molecule has 0 bridgehead atoms. The maximum atomic E-state index is 12.9. The summed E-state index contributed by atoms with van der Waals surface area (Å²) < 4.78 is 30.5. The maximum Gasteiger partial charge on any atom is 0.283 e. The highest BCUT2D eigenvalue weighted by molar-refractivity contribution is 6.31. The molecule has 0 spiro atoms. The lowest BCUT2D eigenvalue weighted by Gasteiger charge is -2.05. The summed E-state index contributed by atoms with van der Waals surface area (Å²) in [6.07, 6.45) is 2.21. The van der Waals surface area contributed by atoms with Crippen molar-refractivity contribution in [1.29, 1.82) is 0 Å². The minimum Gasteiger partial charge on any atom is -0.322 e. The van der Waals surface area contributed by atoms with Crippen molar-refractivity contribution >= 4 is 23.2 Å². The van der Waals surface area contributed by atoms with Crippen LogP contribution in [0.15, 0.2) is 18.6 Å². The van der Waals surface area contributed by atoms with Crippen LogP contribution in [0.25, 0.3) is 0 Å². The average Bonchev–Trinajstić information content (AvgIpc) is 3.30. The van der Waals surface area contributed by atoms with E-state index in [9.17, 15) is 13.6 Å². The van der Waals surface area contributed by atoms with Gasteiger partial charge in [-0.05, 0) is 20.8 Å². The molecule has 150 valence electrons. The second-order valence-electron chi connectivity index (χ2n) is 6.29. The Morgan fingerprint density at radius 1 is 1.21 bits per heavy atom. The number of rotatable bonds is 7. The first kappa shape index (κ1) is 20.0. The fourth-order valence-electron chi connectivity index (χ4n) is 2.83. The second-order valence-corrected chi connectivity index (χ2v) is 6.67. The standard InChI is InChI=1S/C17H20ClF2N7O/c1-4-26-10(2)12(5-22-26)7-25-8-13(6-21-25)23-14(28)9-27-11(3)15(18)16(24-27)17(19)20/h5-6,8,17H,4,7,9H2,1-3H3,(H,23,28). The first-order valence-electron chi connectivity index (χ1n) is 8.64. The maximum absolute atomic E-state index is 12.9. The van der Waals surface area contributed by atoms with Gasteiger partial charge in [-0.1, -0.05) is 11.6 Å². The van der Waals surface area contributed by atoms with Crippen LogP contribution in [0.3, 0.4) is 0 Å². The molecule has 3 heterocycles. The lowest BCUT2D eigenvalue weighted by molar-refractivity contribution is -0.117. The van der Waals surface area contributed by atoms with E-state index in [1.807, 2.05) is 18.5 Å². The SMILES string of the molecule is CCn1ncc(Cn2cc(NC(=O)Cn3nc(C(F)F)c(Cl)c3C)cn2)c1C. The molecule has 0 fully saturated rings. The highest BCUT2D eigenvalue weighted by Gasteiger charge is 2.21. The predicted molar refractivity (Wildman–Crippen MR) is 99.5 cm³/mol. The largest absolute Gasteiger partial charge is 0.322 e. The molecule has 3 aromatic rings. The second kappa shape index (κ2) is 8.09. The molecule has 0 aliphatic carbocycles. The van der Waals surface area contributed by atoms with Gasteiger partial charge < -0.3 is 5.32 Å². The Balaban J connectivity index is 1.64. The van der Waals surface area contributed by atoms with Crippen LogP contribution in [-0.2, 0) is 24.4 Å². The first-order chi connectivity index (χ1) is 13.3. The molecule has 0 aliphatic rings. The first-order valence-corrected chi connectivity index (χ1v) is 9.02. The van der Waals surface area contributed by atoms with Crippen LogP contribution in [0.2, 0.25) is 5.02 Å². The van der Waals surface area contributed by atoms with E-state index < -0.39 is 18.0 Å². The zero-order chi connectivity index (χ0) is 20.4. The summed E-state index contributed by atoms with van der Waals surface area (Å²) in [6, 6.07) is 0. The summed E-state index contributed by atoms with van der Waals surface area (Å²) in [5.74, 6) is -0.419. The molecular weight excluding hydrogens is 392 g/mol. The Labute approximate surface area is 165 Å². The van der Waals surface area contributed by atoms with Crippen LogP contribution in [0.1, 0.15) is 36.0 Å². The number of hydrogen-bond acceptors (Lipinski definition) is 4. The van der Waals surface area contributed by atoms with Crippen molar-refractivity contribution in [3.8, 4) is 0 Å². The Hall–Kier alpha value is -2.75. The highest BCUT2D eigenvalue weighted by Crippen LogP contribution is 2.28. The van der Waals surface area contributed by atoms with Gasteiger partial charge in [-0.25, -0.2) is 8.78 Å². The molecule has 0 aromatic carbocycles.